The van der Waals surface area contributed by atoms with Crippen molar-refractivity contribution in [3.63, 3.8) is 0 Å². The maximum absolute atomic E-state index is 13.7. The van der Waals surface area contributed by atoms with Gasteiger partial charge >= 0.3 is 0 Å². The van der Waals surface area contributed by atoms with Crippen molar-refractivity contribution in [1.29, 1.82) is 0 Å². The zero-order chi connectivity index (χ0) is 105. The van der Waals surface area contributed by atoms with Gasteiger partial charge in [0.15, 0.2) is 0 Å². The van der Waals surface area contributed by atoms with Crippen molar-refractivity contribution >= 4 is 138 Å². The van der Waals surface area contributed by atoms with Crippen LogP contribution < -0.4 is 54.4 Å². The average Bonchev–Trinajstić information content (AvgIpc) is 1.55. The van der Waals surface area contributed by atoms with E-state index in [1.54, 1.807) is 66.4 Å². The number of allylic oxidation sites excluding steroid dienone is 2. The quantitative estimate of drug-likeness (QED) is 0.0152. The Morgan fingerprint density at radius 1 is 0.676 bits per heavy atom. The van der Waals surface area contributed by atoms with Crippen molar-refractivity contribution in [2.24, 2.45) is 0 Å². The maximum Gasteiger partial charge on any atom is 0.264 e. The highest BCUT2D eigenvalue weighted by atomic mass is 35.5. The van der Waals surface area contributed by atoms with Gasteiger partial charge in [0.2, 0.25) is 5.91 Å². The highest BCUT2D eigenvalue weighted by Gasteiger charge is 2.55. The van der Waals surface area contributed by atoms with Crippen LogP contribution >= 0.6 is 40.1 Å². The number of anilines is 6. The van der Waals surface area contributed by atoms with Gasteiger partial charge in [0.25, 0.3) is 45.5 Å². The summed E-state index contributed by atoms with van der Waals surface area (Å²) in [6.45, 7) is 25.3. The van der Waals surface area contributed by atoms with Gasteiger partial charge in [-0.25, -0.2) is 34.3 Å². The predicted octanol–water partition coefficient (Wildman–Crippen LogP) is 19.0. The molecule has 0 radical (unpaired) electrons. The first-order valence-corrected chi connectivity index (χ1v) is 53.1. The SMILES string of the molecule is C=P[O-].C=P[O-].CC(C)NC(=O)C[C@H]1CCCN(C(=O)c2ccc(N3CCCC3)cc2Cl)c2ccccc21.CCN(C)CCOC.CCOc1ccc2c(c1)C1(CCC(O)CC1)C(=O)N2S(=O)(=O)/C=C/C=C(\C=C\OC)C(=O)NC(C)(C)C.Cc1ccccc1C(=O)Nc1ccc(C(=O)N2CCCC([N+](C)(C)C)c3ccccc32)cc1.Cc1ccn(-c2ccc(C(=O)N3Cc4cccn4Cc4ccccc43)c(Cl)c2)n1. The molecule has 4 N–H and O–H groups in total. The summed E-state index contributed by atoms with van der Waals surface area (Å²) in [6.07, 6.45) is 22.5. The number of aromatic nitrogens is 3. The van der Waals surface area contributed by atoms with Crippen LogP contribution in [0.4, 0.5) is 34.1 Å². The molecule has 0 bridgehead atoms. The number of aliphatic hydroxyl groups is 1. The van der Waals surface area contributed by atoms with Crippen LogP contribution in [0.25, 0.3) is 5.69 Å². The highest BCUT2D eigenvalue weighted by Crippen LogP contribution is 2.53. The zero-order valence-corrected chi connectivity index (χ0v) is 89.9. The standard InChI is InChI=1S/C28H31N3O2.C27H36N2O7S.C26H32ClN3O2.C23H19ClN4O.C6H15NO.2CH2OP/c1-20-10-5-6-11-23(20)27(32)29-22-17-15-21(16-18-22)28(33)30-19-9-14-26(31(2,3)4)24-12-7-8-13-25(24)30;1-6-36-21-9-10-23-22(18-21)27(14-11-20(30)12-15-27)25(32)29(23)37(33,34)17-7-8-19(13-16-35-5)24(31)28-26(2,3)4;1-18(2)28-25(31)16-19-8-7-15-30(24-10-4-3-9-21(19)24)26(32)22-12-11-20(17-23(22)27)29-13-5-6-14-29;1-16-10-12-28(25-16)18-8-9-20(21(24)13-18)23(29)27-15-19-6-4-11-26(19)14-17-5-2-3-7-22(17)27;1-4-7(2)5-6-8-3;2*1-3-2/h5-8,10-13,15-18,26H,9,14,19H2,1-4H3;7-10,13,16-18,20,30H,6,11-12,14-15H2,1-5H3,(H,28,31);3-4,9-12,17-19H,5-8,13-16H2,1-2H3,(H,28,31);2-13H,14-15H2,1H3;4-6H2,1-3H3;2*1H2/q;;;;;2*-1/p+1/b;16-13+,17-7+,19-8+;;;;;/t;;19-;;;;/m..1..../s1. The molecular formula is C112H138Cl2N13O15P2S-. The van der Waals surface area contributed by atoms with Crippen LogP contribution in [-0.4, -0.2) is 204 Å². The van der Waals surface area contributed by atoms with E-state index < -0.39 is 38.9 Å². The van der Waals surface area contributed by atoms with Crippen molar-refractivity contribution in [3.05, 3.63) is 313 Å². The van der Waals surface area contributed by atoms with E-state index >= 15 is 0 Å². The number of halogens is 2. The summed E-state index contributed by atoms with van der Waals surface area (Å²) in [4.78, 5) is 120. The fourth-order valence-electron chi connectivity index (χ4n) is 18.3. The number of aryl methyl sites for hydroxylation is 2. The van der Waals surface area contributed by atoms with Crippen LogP contribution in [0.2, 0.25) is 10.0 Å². The normalized spacial score (nSPS) is 17.0. The number of hydrogen-bond acceptors (Lipinski definition) is 18. The number of nitrogens with zero attached hydrogens (tertiary/aromatic N) is 10. The fourth-order valence-corrected chi connectivity index (χ4v) is 20.1. The Bertz CT molecular complexity index is 6330. The lowest BCUT2D eigenvalue weighted by molar-refractivity contribution is -0.902. The molecule has 1 saturated heterocycles. The number of rotatable bonds is 23. The Kier molecular flexibility index (Phi) is 42.9. The molecule has 2 aromatic heterocycles. The molecule has 10 aromatic rings. The lowest BCUT2D eigenvalue weighted by Crippen LogP contribution is -2.45. The molecule has 8 aromatic carbocycles. The topological polar surface area (TPSA) is 326 Å². The Hall–Kier alpha value is -12.2. The molecule has 16 rings (SSSR count). The number of methoxy groups -OCH3 is 2. The number of aliphatic hydroxyl groups excluding tert-OH is 1. The van der Waals surface area contributed by atoms with Crippen LogP contribution in [0.1, 0.15) is 212 Å². The number of sulfonamides is 1. The van der Waals surface area contributed by atoms with Crippen molar-refractivity contribution in [2.45, 2.75) is 181 Å². The first-order valence-electron chi connectivity index (χ1n) is 48.9. The highest BCUT2D eigenvalue weighted by molar-refractivity contribution is 7.96. The van der Waals surface area contributed by atoms with Crippen molar-refractivity contribution in [3.8, 4) is 11.4 Å². The summed E-state index contributed by atoms with van der Waals surface area (Å²) in [5.74, 6) is -0.605. The summed E-state index contributed by atoms with van der Waals surface area (Å²) in [7, 11) is 7.46. The molecular weight excluding hydrogens is 1930 g/mol. The summed E-state index contributed by atoms with van der Waals surface area (Å²) in [5, 5.41) is 25.0. The third-order valence-electron chi connectivity index (χ3n) is 25.6. The second-order valence-electron chi connectivity index (χ2n) is 38.4. The minimum atomic E-state index is -4.25. The average molecular weight is 2070 g/mol. The van der Waals surface area contributed by atoms with Crippen molar-refractivity contribution in [2.75, 3.05) is 124 Å². The summed E-state index contributed by atoms with van der Waals surface area (Å²) < 4.78 is 47.9. The molecule has 5 aliphatic heterocycles. The summed E-state index contributed by atoms with van der Waals surface area (Å²) in [5.41, 5.74) is 13.5. The van der Waals surface area contributed by atoms with Gasteiger partial charge in [0.1, 0.15) is 11.8 Å². The van der Waals surface area contributed by atoms with Crippen LogP contribution in [0.15, 0.2) is 242 Å². The first kappa shape index (κ1) is 115. The smallest absolute Gasteiger partial charge is 0.264 e. The molecule has 1 aliphatic carbocycles. The van der Waals surface area contributed by atoms with Gasteiger partial charge in [-0.15, -0.1) is 0 Å². The number of amides is 7. The predicted molar refractivity (Wildman–Crippen MR) is 583 cm³/mol. The monoisotopic (exact) mass is 2070 g/mol. The third kappa shape index (κ3) is 31.0. The molecule has 7 heterocycles. The van der Waals surface area contributed by atoms with Crippen LogP contribution in [0.3, 0.4) is 0 Å². The molecule has 772 valence electrons. The molecule has 7 amide bonds. The van der Waals surface area contributed by atoms with E-state index in [4.69, 9.17) is 47.2 Å². The molecule has 33 heteroatoms. The van der Waals surface area contributed by atoms with Crippen molar-refractivity contribution in [1.82, 2.24) is 29.9 Å². The zero-order valence-electron chi connectivity index (χ0n) is 85.8. The molecule has 6 aliphatic rings. The Labute approximate surface area is 868 Å². The number of likely N-dealkylation sites (N-methyl/N-ethyl adjacent to an activating group) is 1. The van der Waals surface area contributed by atoms with E-state index in [2.05, 4.69) is 113 Å². The third-order valence-corrected chi connectivity index (χ3v) is 27.6. The minimum absolute atomic E-state index is 0.0127. The number of ether oxygens (including phenoxy) is 3. The van der Waals surface area contributed by atoms with E-state index in [0.717, 1.165) is 136 Å². The number of fused-ring (bicyclic) bond motifs is 6. The molecule has 1 unspecified atom stereocenters. The van der Waals surface area contributed by atoms with Gasteiger partial charge in [-0.3, -0.25) is 33.6 Å². The first-order chi connectivity index (χ1) is 69.3. The van der Waals surface area contributed by atoms with E-state index in [9.17, 15) is 47.1 Å². The number of benzene rings is 8. The number of carbonyl (C=O) groups is 7. The molecule has 1 spiro atoms. The van der Waals surface area contributed by atoms with E-state index in [-0.39, 0.29) is 69.6 Å². The Morgan fingerprint density at radius 3 is 1.87 bits per heavy atom. The number of nitrogens with one attached hydrogen (secondary N) is 3. The number of para-hydroxylation sites is 3. The molecule has 2 atom stereocenters. The van der Waals surface area contributed by atoms with Crippen LogP contribution in [0.5, 0.6) is 5.75 Å². The van der Waals surface area contributed by atoms with E-state index in [1.165, 1.54) is 50.0 Å². The van der Waals surface area contributed by atoms with Crippen LogP contribution in [-0.2, 0) is 52.4 Å². The second-order valence-corrected chi connectivity index (χ2v) is 41.4. The van der Waals surface area contributed by atoms with Gasteiger partial charge in [0, 0.05) is 134 Å². The maximum atomic E-state index is 13.7. The van der Waals surface area contributed by atoms with Gasteiger partial charge in [0.05, 0.1) is 115 Å². The molecule has 28 nitrogen and oxygen atoms in total. The van der Waals surface area contributed by atoms with Crippen LogP contribution in [0, 0.1) is 13.8 Å². The molecule has 2 fully saturated rings. The number of hydrogen-bond donors (Lipinski definition) is 4. The van der Waals surface area contributed by atoms with E-state index in [1.807, 2.05) is 192 Å². The largest absolute Gasteiger partial charge is 0.806 e. The summed E-state index contributed by atoms with van der Waals surface area (Å²) in [6, 6.07) is 61.6. The number of carbonyl (C=O) groups excluding carboxylic acids is 7. The van der Waals surface area contributed by atoms with Gasteiger partial charge in [-0.05, 0) is 294 Å². The number of quaternary nitrogens is 1. The van der Waals surface area contributed by atoms with Gasteiger partial charge in [-0.2, -0.15) is 5.10 Å². The lowest BCUT2D eigenvalue weighted by atomic mass is 9.69. The van der Waals surface area contributed by atoms with Gasteiger partial charge in [-0.1, -0.05) is 116 Å². The fraction of sp³-hybridized carbons (Fsp3) is 0.375. The summed E-state index contributed by atoms with van der Waals surface area (Å²) >= 11 is 13.2. The lowest BCUT2D eigenvalue weighted by Gasteiger charge is -2.34. The van der Waals surface area contributed by atoms with E-state index in [0.29, 0.717) is 114 Å². The molecule has 145 heavy (non-hydrogen) atoms. The van der Waals surface area contributed by atoms with Crippen molar-refractivity contribution < 1.29 is 75.6 Å². The Balaban J connectivity index is 0.000000190. The second kappa shape index (κ2) is 54.3. The minimum Gasteiger partial charge on any atom is -0.806 e. The Morgan fingerprint density at radius 2 is 1.27 bits per heavy atom. The van der Waals surface area contributed by atoms with Gasteiger partial charge < -0.3 is 78.6 Å². The molecule has 1 saturated carbocycles.